The van der Waals surface area contributed by atoms with Gasteiger partial charge in [0.05, 0.1) is 5.69 Å². The number of nitrogens with zero attached hydrogens (tertiary/aromatic N) is 1. The lowest BCUT2D eigenvalue weighted by atomic mass is 10.0. The quantitative estimate of drug-likeness (QED) is 0.259. The highest BCUT2D eigenvalue weighted by Crippen LogP contribution is 2.36. The van der Waals surface area contributed by atoms with Gasteiger partial charge in [-0.25, -0.2) is 0 Å². The standard InChI is InChI=1S/C29H29NSSi/c1-20(2)16-22-18-26(30-19-29(22)32(3,4)23-10-6-5-7-11-23)21-14-15-28-25(17-21)24-12-8-9-13-27(24)31-28/h5-15,17-20H,16H2,1-4H3. The first-order valence-corrected chi connectivity index (χ1v) is 15.2. The molecular formula is C29H29NSSi. The van der Waals surface area contributed by atoms with Gasteiger partial charge in [-0.2, -0.15) is 0 Å². The minimum absolute atomic E-state index is 0.605. The maximum Gasteiger partial charge on any atom is 0.114 e. The first-order valence-electron chi connectivity index (χ1n) is 11.4. The van der Waals surface area contributed by atoms with Crippen LogP contribution in [-0.4, -0.2) is 13.1 Å². The van der Waals surface area contributed by atoms with Crippen molar-refractivity contribution in [3.63, 3.8) is 0 Å². The first-order chi connectivity index (χ1) is 15.4. The van der Waals surface area contributed by atoms with Gasteiger partial charge in [-0.15, -0.1) is 11.3 Å². The summed E-state index contributed by atoms with van der Waals surface area (Å²) < 4.78 is 2.69. The fourth-order valence-electron chi connectivity index (χ4n) is 4.72. The molecule has 0 saturated carbocycles. The molecule has 0 amide bonds. The SMILES string of the molecule is CC(C)Cc1cc(-c2ccc3sc4ccccc4c3c2)ncc1[Si](C)(C)c1ccccc1. The normalized spacial score (nSPS) is 12.2. The zero-order valence-corrected chi connectivity index (χ0v) is 21.0. The molecule has 0 fully saturated rings. The summed E-state index contributed by atoms with van der Waals surface area (Å²) in [7, 11) is -1.82. The van der Waals surface area contributed by atoms with Crippen LogP contribution in [-0.2, 0) is 6.42 Å². The molecule has 5 rings (SSSR count). The predicted octanol–water partition coefficient (Wildman–Crippen LogP) is 7.14. The fraction of sp³-hybridized carbons (Fsp3) is 0.207. The third-order valence-electron chi connectivity index (χ3n) is 6.46. The van der Waals surface area contributed by atoms with E-state index in [4.69, 9.17) is 4.98 Å². The van der Waals surface area contributed by atoms with Crippen molar-refractivity contribution < 1.29 is 0 Å². The fourth-order valence-corrected chi connectivity index (χ4v) is 8.51. The molecule has 0 saturated heterocycles. The molecular weight excluding hydrogens is 422 g/mol. The van der Waals surface area contributed by atoms with Crippen molar-refractivity contribution in [2.45, 2.75) is 33.4 Å². The van der Waals surface area contributed by atoms with E-state index in [0.717, 1.165) is 12.1 Å². The van der Waals surface area contributed by atoms with E-state index in [1.165, 1.54) is 41.7 Å². The van der Waals surface area contributed by atoms with Crippen LogP contribution in [0.1, 0.15) is 19.4 Å². The molecule has 3 heteroatoms. The molecule has 5 aromatic rings. The molecule has 0 aliphatic rings. The van der Waals surface area contributed by atoms with Crippen LogP contribution in [0.5, 0.6) is 0 Å². The Morgan fingerprint density at radius 2 is 1.53 bits per heavy atom. The zero-order valence-electron chi connectivity index (χ0n) is 19.2. The number of aromatic nitrogens is 1. The maximum atomic E-state index is 5.02. The van der Waals surface area contributed by atoms with Gasteiger partial charge < -0.3 is 0 Å². The van der Waals surface area contributed by atoms with E-state index >= 15 is 0 Å². The second-order valence-electron chi connectivity index (χ2n) is 9.62. The highest BCUT2D eigenvalue weighted by atomic mass is 32.1. The lowest BCUT2D eigenvalue weighted by molar-refractivity contribution is 0.649. The van der Waals surface area contributed by atoms with Crippen LogP contribution in [0.3, 0.4) is 0 Å². The maximum absolute atomic E-state index is 5.02. The van der Waals surface area contributed by atoms with E-state index < -0.39 is 8.07 Å². The summed E-state index contributed by atoms with van der Waals surface area (Å²) in [6.45, 7) is 9.52. The van der Waals surface area contributed by atoms with Crippen molar-refractivity contribution in [3.8, 4) is 11.3 Å². The molecule has 2 heterocycles. The predicted molar refractivity (Wildman–Crippen MR) is 144 cm³/mol. The number of hydrogen-bond donors (Lipinski definition) is 0. The van der Waals surface area contributed by atoms with Gasteiger partial charge in [0.25, 0.3) is 0 Å². The molecule has 2 aromatic heterocycles. The molecule has 0 atom stereocenters. The molecule has 0 aliphatic heterocycles. The first kappa shape index (κ1) is 21.1. The lowest BCUT2D eigenvalue weighted by Crippen LogP contribution is -2.54. The second-order valence-corrected chi connectivity index (χ2v) is 15.1. The van der Waals surface area contributed by atoms with Gasteiger partial charge in [0.15, 0.2) is 0 Å². The van der Waals surface area contributed by atoms with E-state index in [-0.39, 0.29) is 0 Å². The summed E-state index contributed by atoms with van der Waals surface area (Å²) in [5, 5.41) is 5.60. The van der Waals surface area contributed by atoms with Crippen LogP contribution in [0.2, 0.25) is 13.1 Å². The Hall–Kier alpha value is -2.75. The van der Waals surface area contributed by atoms with Gasteiger partial charge in [-0.3, -0.25) is 4.98 Å². The van der Waals surface area contributed by atoms with E-state index in [2.05, 4.69) is 112 Å². The third kappa shape index (κ3) is 3.80. The molecule has 0 aliphatic carbocycles. The molecule has 0 spiro atoms. The number of hydrogen-bond acceptors (Lipinski definition) is 2. The van der Waals surface area contributed by atoms with E-state index in [0.29, 0.717) is 5.92 Å². The average Bonchev–Trinajstić information content (AvgIpc) is 3.17. The highest BCUT2D eigenvalue weighted by molar-refractivity contribution is 7.25. The number of benzene rings is 3. The van der Waals surface area contributed by atoms with Crippen molar-refractivity contribution in [2.75, 3.05) is 0 Å². The Morgan fingerprint density at radius 1 is 0.812 bits per heavy atom. The number of thiophene rings is 1. The summed E-state index contributed by atoms with van der Waals surface area (Å²) in [6.07, 6.45) is 3.26. The second kappa shape index (κ2) is 8.31. The number of pyridine rings is 1. The molecule has 160 valence electrons. The summed E-state index contributed by atoms with van der Waals surface area (Å²) >= 11 is 1.87. The lowest BCUT2D eigenvalue weighted by Gasteiger charge is -2.27. The van der Waals surface area contributed by atoms with Crippen LogP contribution in [0.4, 0.5) is 0 Å². The van der Waals surface area contributed by atoms with Crippen molar-refractivity contribution in [3.05, 3.63) is 90.6 Å². The van der Waals surface area contributed by atoms with E-state index in [1.807, 2.05) is 11.3 Å². The van der Waals surface area contributed by atoms with E-state index in [9.17, 15) is 0 Å². The molecule has 1 nitrogen and oxygen atoms in total. The minimum Gasteiger partial charge on any atom is -0.256 e. The monoisotopic (exact) mass is 451 g/mol. The summed E-state index contributed by atoms with van der Waals surface area (Å²) in [4.78, 5) is 5.02. The van der Waals surface area contributed by atoms with Gasteiger partial charge >= 0.3 is 0 Å². The molecule has 32 heavy (non-hydrogen) atoms. The van der Waals surface area contributed by atoms with Crippen LogP contribution >= 0.6 is 11.3 Å². The van der Waals surface area contributed by atoms with Crippen LogP contribution in [0, 0.1) is 5.92 Å². The van der Waals surface area contributed by atoms with Gasteiger partial charge in [0.1, 0.15) is 8.07 Å². The summed E-state index contributed by atoms with van der Waals surface area (Å²) in [5.74, 6) is 0.605. The van der Waals surface area contributed by atoms with Gasteiger partial charge in [-0.05, 0) is 47.4 Å². The van der Waals surface area contributed by atoms with Crippen molar-refractivity contribution >= 4 is 50.0 Å². The Bertz CT molecular complexity index is 1400. The number of rotatable bonds is 5. The Labute approximate surface area is 195 Å². The number of fused-ring (bicyclic) bond motifs is 3. The molecule has 0 bridgehead atoms. The molecule has 0 N–H and O–H groups in total. The summed E-state index contributed by atoms with van der Waals surface area (Å²) in [6, 6.07) is 28.9. The van der Waals surface area contributed by atoms with Crippen molar-refractivity contribution in [1.82, 2.24) is 4.98 Å². The highest BCUT2D eigenvalue weighted by Gasteiger charge is 2.29. The topological polar surface area (TPSA) is 12.9 Å². The van der Waals surface area contributed by atoms with Crippen molar-refractivity contribution in [2.24, 2.45) is 5.92 Å². The molecule has 0 radical (unpaired) electrons. The van der Waals surface area contributed by atoms with Crippen LogP contribution < -0.4 is 10.4 Å². The van der Waals surface area contributed by atoms with Crippen LogP contribution in [0.25, 0.3) is 31.4 Å². The minimum atomic E-state index is -1.82. The zero-order chi connectivity index (χ0) is 22.3. The average molecular weight is 452 g/mol. The van der Waals surface area contributed by atoms with Gasteiger partial charge in [0, 0.05) is 31.9 Å². The van der Waals surface area contributed by atoms with Gasteiger partial charge in [0.2, 0.25) is 0 Å². The van der Waals surface area contributed by atoms with Crippen LogP contribution in [0.15, 0.2) is 85.1 Å². The third-order valence-corrected chi connectivity index (χ3v) is 11.2. The largest absolute Gasteiger partial charge is 0.256 e. The Balaban J connectivity index is 1.63. The smallest absolute Gasteiger partial charge is 0.114 e. The van der Waals surface area contributed by atoms with Crippen molar-refractivity contribution in [1.29, 1.82) is 0 Å². The molecule has 0 unspecified atom stereocenters. The Kier molecular flexibility index (Phi) is 5.48. The Morgan fingerprint density at radius 3 is 2.31 bits per heavy atom. The summed E-state index contributed by atoms with van der Waals surface area (Å²) in [5.41, 5.74) is 3.75. The van der Waals surface area contributed by atoms with E-state index in [1.54, 1.807) is 0 Å². The molecule has 3 aromatic carbocycles. The van der Waals surface area contributed by atoms with Gasteiger partial charge in [-0.1, -0.05) is 86.7 Å².